The summed E-state index contributed by atoms with van der Waals surface area (Å²) < 4.78 is 2.46. The highest BCUT2D eigenvalue weighted by Gasteiger charge is 2.37. The third-order valence-electron chi connectivity index (χ3n) is 12.7. The highest BCUT2D eigenvalue weighted by molar-refractivity contribution is 6.10. The molecule has 0 amide bonds. The summed E-state index contributed by atoms with van der Waals surface area (Å²) in [5.41, 5.74) is 17.5. The van der Waals surface area contributed by atoms with Crippen molar-refractivity contribution in [3.8, 4) is 39.1 Å². The number of aromatic nitrogens is 1. The lowest BCUT2D eigenvalue weighted by Gasteiger charge is -2.42. The third kappa shape index (κ3) is 6.30. The molecule has 0 aliphatic heterocycles. The van der Waals surface area contributed by atoms with Crippen molar-refractivity contribution in [2.75, 3.05) is 4.90 Å². The minimum Gasteiger partial charge on any atom is -0.310 e. The van der Waals surface area contributed by atoms with Gasteiger partial charge in [-0.3, -0.25) is 0 Å². The Kier molecular flexibility index (Phi) is 8.68. The second-order valence-corrected chi connectivity index (χ2v) is 17.3. The zero-order valence-corrected chi connectivity index (χ0v) is 33.8. The van der Waals surface area contributed by atoms with E-state index in [0.29, 0.717) is 0 Å². The van der Waals surface area contributed by atoms with E-state index in [1.54, 1.807) is 0 Å². The summed E-state index contributed by atoms with van der Waals surface area (Å²) in [5, 5.41) is 2.49. The Labute approximate surface area is 342 Å². The van der Waals surface area contributed by atoms with Gasteiger partial charge in [0.2, 0.25) is 0 Å². The first kappa shape index (κ1) is 35.8. The number of rotatable bonds is 7. The minimum absolute atomic E-state index is 0.150. The molecule has 0 saturated carbocycles. The topological polar surface area (TPSA) is 8.17 Å². The van der Waals surface area contributed by atoms with Crippen molar-refractivity contribution in [1.82, 2.24) is 4.57 Å². The predicted molar refractivity (Wildman–Crippen MR) is 247 cm³/mol. The molecular weight excluding hydrogens is 701 g/mol. The molecule has 0 bridgehead atoms. The number of benzene rings is 8. The molecule has 8 aromatic carbocycles. The van der Waals surface area contributed by atoms with E-state index in [-0.39, 0.29) is 10.8 Å². The molecule has 0 spiro atoms. The van der Waals surface area contributed by atoms with E-state index in [9.17, 15) is 0 Å². The lowest BCUT2D eigenvalue weighted by molar-refractivity contribution is 0.332. The molecule has 0 radical (unpaired) electrons. The molecule has 1 aliphatic rings. The lowest BCUT2D eigenvalue weighted by Crippen LogP contribution is -2.33. The molecule has 0 N–H and O–H groups in total. The van der Waals surface area contributed by atoms with Crippen LogP contribution in [-0.2, 0) is 10.8 Å². The van der Waals surface area contributed by atoms with E-state index < -0.39 is 0 Å². The molecule has 2 heteroatoms. The molecular formula is C56H48N2. The summed E-state index contributed by atoms with van der Waals surface area (Å²) >= 11 is 0. The maximum absolute atomic E-state index is 2.48. The summed E-state index contributed by atoms with van der Waals surface area (Å²) in [6, 6.07) is 71.3. The van der Waals surface area contributed by atoms with Crippen LogP contribution in [0.15, 0.2) is 194 Å². The maximum atomic E-state index is 2.48. The summed E-state index contributed by atoms with van der Waals surface area (Å²) in [6.07, 6.45) is 2.42. The molecule has 9 aromatic rings. The Morgan fingerprint density at radius 3 is 1.48 bits per heavy atom. The van der Waals surface area contributed by atoms with Crippen LogP contribution in [0.5, 0.6) is 0 Å². The van der Waals surface area contributed by atoms with Crippen LogP contribution >= 0.6 is 0 Å². The Balaban J connectivity index is 1.12. The molecule has 2 nitrogen and oxygen atoms in total. The number of nitrogens with zero attached hydrogens (tertiary/aromatic N) is 2. The van der Waals surface area contributed by atoms with Gasteiger partial charge in [0.15, 0.2) is 0 Å². The minimum atomic E-state index is 0.150. The monoisotopic (exact) mass is 748 g/mol. The number of para-hydroxylation sites is 1. The van der Waals surface area contributed by atoms with Crippen molar-refractivity contribution in [1.29, 1.82) is 0 Å². The highest BCUT2D eigenvalue weighted by Crippen LogP contribution is 2.47. The summed E-state index contributed by atoms with van der Waals surface area (Å²) in [7, 11) is 0. The quantitative estimate of drug-likeness (QED) is 0.158. The first-order valence-electron chi connectivity index (χ1n) is 20.6. The fourth-order valence-corrected chi connectivity index (χ4v) is 9.28. The van der Waals surface area contributed by atoms with Crippen LogP contribution in [0.2, 0.25) is 0 Å². The van der Waals surface area contributed by atoms with E-state index in [1.165, 1.54) is 79.2 Å². The first-order valence-corrected chi connectivity index (χ1v) is 20.6. The van der Waals surface area contributed by atoms with Crippen molar-refractivity contribution in [2.45, 2.75) is 51.4 Å². The molecule has 58 heavy (non-hydrogen) atoms. The second kappa shape index (κ2) is 14.1. The SMILES string of the molecule is CC1(C)CCC(C)(C)c2cc(-c3cccc(-n4c5ccccc5c5ccc(N(c6ccc(-c7ccccc7)cc6)c6ccc(-c7ccccc7)cc6)cc54)c3)ccc21. The van der Waals surface area contributed by atoms with Gasteiger partial charge in [-0.1, -0.05) is 167 Å². The Bertz CT molecular complexity index is 2830. The second-order valence-electron chi connectivity index (χ2n) is 17.3. The van der Waals surface area contributed by atoms with Gasteiger partial charge in [-0.05, 0) is 123 Å². The van der Waals surface area contributed by atoms with E-state index in [0.717, 1.165) is 22.7 Å². The molecule has 0 atom stereocenters. The molecule has 0 fully saturated rings. The van der Waals surface area contributed by atoms with E-state index in [2.05, 4.69) is 231 Å². The largest absolute Gasteiger partial charge is 0.310 e. The molecule has 1 aromatic heterocycles. The summed E-state index contributed by atoms with van der Waals surface area (Å²) in [4.78, 5) is 2.39. The van der Waals surface area contributed by atoms with Crippen molar-refractivity contribution < 1.29 is 0 Å². The van der Waals surface area contributed by atoms with Gasteiger partial charge in [0.25, 0.3) is 0 Å². The predicted octanol–water partition coefficient (Wildman–Crippen LogP) is 15.6. The third-order valence-corrected chi connectivity index (χ3v) is 12.7. The van der Waals surface area contributed by atoms with Gasteiger partial charge in [-0.15, -0.1) is 0 Å². The zero-order chi connectivity index (χ0) is 39.4. The van der Waals surface area contributed by atoms with E-state index >= 15 is 0 Å². The van der Waals surface area contributed by atoms with E-state index in [4.69, 9.17) is 0 Å². The van der Waals surface area contributed by atoms with Gasteiger partial charge in [0.05, 0.1) is 11.0 Å². The van der Waals surface area contributed by atoms with Crippen LogP contribution in [0.25, 0.3) is 60.9 Å². The van der Waals surface area contributed by atoms with Gasteiger partial charge in [-0.25, -0.2) is 0 Å². The normalized spacial score (nSPS) is 14.3. The van der Waals surface area contributed by atoms with Crippen LogP contribution in [0.1, 0.15) is 51.7 Å². The Morgan fingerprint density at radius 1 is 0.362 bits per heavy atom. The number of hydrogen-bond donors (Lipinski definition) is 0. The fraction of sp³-hybridized carbons (Fsp3) is 0.143. The van der Waals surface area contributed by atoms with Gasteiger partial charge >= 0.3 is 0 Å². The van der Waals surface area contributed by atoms with Crippen molar-refractivity contribution >= 4 is 38.9 Å². The van der Waals surface area contributed by atoms with Gasteiger partial charge in [-0.2, -0.15) is 0 Å². The number of fused-ring (bicyclic) bond motifs is 4. The molecule has 0 unspecified atom stereocenters. The molecule has 1 heterocycles. The van der Waals surface area contributed by atoms with Crippen LogP contribution in [-0.4, -0.2) is 4.57 Å². The molecule has 282 valence electrons. The number of anilines is 3. The molecule has 1 aliphatic carbocycles. The standard InChI is InChI=1S/C56H48N2/c1-55(2)34-35-56(3,4)52-37-44(26-33-51(52)55)43-18-13-19-47(36-43)58-53-21-12-11-20-49(53)50-32-31-48(38-54(50)58)57(45-27-22-41(23-28-45)39-14-7-5-8-15-39)46-29-24-42(25-30-46)40-16-9-6-10-17-40/h5-33,36-38H,34-35H2,1-4H3. The Hall–Kier alpha value is -6.64. The molecule has 0 saturated heterocycles. The van der Waals surface area contributed by atoms with Crippen molar-refractivity contribution in [3.63, 3.8) is 0 Å². The van der Waals surface area contributed by atoms with Crippen molar-refractivity contribution in [2.24, 2.45) is 0 Å². The fourth-order valence-electron chi connectivity index (χ4n) is 9.28. The van der Waals surface area contributed by atoms with Crippen LogP contribution in [0.4, 0.5) is 17.1 Å². The molecule has 10 rings (SSSR count). The lowest BCUT2D eigenvalue weighted by atomic mass is 9.63. The average Bonchev–Trinajstić information content (AvgIpc) is 3.60. The van der Waals surface area contributed by atoms with Gasteiger partial charge in [0, 0.05) is 33.5 Å². The van der Waals surface area contributed by atoms with Crippen LogP contribution < -0.4 is 4.90 Å². The van der Waals surface area contributed by atoms with E-state index in [1.807, 2.05) is 0 Å². The first-order chi connectivity index (χ1) is 28.2. The Morgan fingerprint density at radius 2 is 0.845 bits per heavy atom. The summed E-state index contributed by atoms with van der Waals surface area (Å²) in [5.74, 6) is 0. The summed E-state index contributed by atoms with van der Waals surface area (Å²) in [6.45, 7) is 9.63. The highest BCUT2D eigenvalue weighted by atomic mass is 15.1. The van der Waals surface area contributed by atoms with Crippen LogP contribution in [0.3, 0.4) is 0 Å². The van der Waals surface area contributed by atoms with Gasteiger partial charge in [0.1, 0.15) is 0 Å². The average molecular weight is 749 g/mol. The van der Waals surface area contributed by atoms with Gasteiger partial charge < -0.3 is 9.47 Å². The number of hydrogen-bond acceptors (Lipinski definition) is 1. The smallest absolute Gasteiger partial charge is 0.0561 e. The maximum Gasteiger partial charge on any atom is 0.0561 e. The van der Waals surface area contributed by atoms with Crippen molar-refractivity contribution in [3.05, 3.63) is 205 Å². The zero-order valence-electron chi connectivity index (χ0n) is 33.8. The van der Waals surface area contributed by atoms with Crippen LogP contribution in [0, 0.1) is 0 Å².